The van der Waals surface area contributed by atoms with Crippen LogP contribution >= 0.6 is 11.6 Å². The summed E-state index contributed by atoms with van der Waals surface area (Å²) in [6, 6.07) is 6.51. The number of likely N-dealkylation sites (N-methyl/N-ethyl adjacent to an activating group) is 1. The van der Waals surface area contributed by atoms with Crippen molar-refractivity contribution in [3.8, 4) is 0 Å². The molecule has 1 unspecified atom stereocenters. The van der Waals surface area contributed by atoms with Gasteiger partial charge in [0.25, 0.3) is 0 Å². The van der Waals surface area contributed by atoms with Gasteiger partial charge in [0, 0.05) is 11.6 Å². The van der Waals surface area contributed by atoms with Gasteiger partial charge in [0.2, 0.25) is 0 Å². The topological polar surface area (TPSA) is 49.8 Å². The van der Waals surface area contributed by atoms with Crippen molar-refractivity contribution in [2.75, 3.05) is 27.3 Å². The number of aliphatic hydroxyl groups is 1. The van der Waals surface area contributed by atoms with Gasteiger partial charge >= 0.3 is 5.97 Å². The Hall–Kier alpha value is -1.10. The molecule has 1 aromatic carbocycles. The molecule has 1 N–H and O–H groups in total. The molecule has 1 atom stereocenters. The van der Waals surface area contributed by atoms with Gasteiger partial charge in [0.15, 0.2) is 0 Å². The number of aliphatic hydroxyl groups excluding tert-OH is 1. The van der Waals surface area contributed by atoms with Crippen molar-refractivity contribution in [2.45, 2.75) is 6.04 Å². The molecule has 17 heavy (non-hydrogen) atoms. The van der Waals surface area contributed by atoms with E-state index in [2.05, 4.69) is 0 Å². The second kappa shape index (κ2) is 6.59. The van der Waals surface area contributed by atoms with E-state index in [4.69, 9.17) is 21.4 Å². The molecule has 0 heterocycles. The van der Waals surface area contributed by atoms with E-state index in [1.165, 1.54) is 7.11 Å². The predicted molar refractivity (Wildman–Crippen MR) is 65.9 cm³/mol. The summed E-state index contributed by atoms with van der Waals surface area (Å²) < 4.78 is 4.77. The minimum Gasteiger partial charge on any atom is -0.468 e. The molecule has 1 aromatic rings. The molecule has 0 aromatic heterocycles. The van der Waals surface area contributed by atoms with Crippen LogP contribution < -0.4 is 0 Å². The first-order valence-corrected chi connectivity index (χ1v) is 5.63. The first-order valence-electron chi connectivity index (χ1n) is 5.25. The predicted octanol–water partition coefficient (Wildman–Crippen LogP) is 1.48. The van der Waals surface area contributed by atoms with Crippen molar-refractivity contribution in [3.63, 3.8) is 0 Å². The van der Waals surface area contributed by atoms with E-state index in [-0.39, 0.29) is 6.61 Å². The SMILES string of the molecule is COC(=O)C(c1ccccc1Cl)N(C)CCO. The van der Waals surface area contributed by atoms with E-state index in [0.717, 1.165) is 0 Å². The third-order valence-electron chi connectivity index (χ3n) is 2.52. The van der Waals surface area contributed by atoms with Crippen molar-refractivity contribution in [1.29, 1.82) is 0 Å². The Kier molecular flexibility index (Phi) is 5.41. The summed E-state index contributed by atoms with van der Waals surface area (Å²) in [5.41, 5.74) is 0.678. The summed E-state index contributed by atoms with van der Waals surface area (Å²) in [6.07, 6.45) is 0. The van der Waals surface area contributed by atoms with Crippen molar-refractivity contribution >= 4 is 17.6 Å². The molecule has 4 nitrogen and oxygen atoms in total. The second-order valence-corrected chi connectivity index (χ2v) is 4.06. The van der Waals surface area contributed by atoms with E-state index < -0.39 is 12.0 Å². The molecule has 0 aliphatic carbocycles. The van der Waals surface area contributed by atoms with Crippen LogP contribution in [0.3, 0.4) is 0 Å². The van der Waals surface area contributed by atoms with Crippen molar-refractivity contribution < 1.29 is 14.6 Å². The van der Waals surface area contributed by atoms with Crippen LogP contribution in [0, 0.1) is 0 Å². The highest BCUT2D eigenvalue weighted by atomic mass is 35.5. The van der Waals surface area contributed by atoms with Crippen LogP contribution in [0.2, 0.25) is 5.02 Å². The van der Waals surface area contributed by atoms with Gasteiger partial charge in [0.05, 0.1) is 13.7 Å². The zero-order chi connectivity index (χ0) is 12.8. The summed E-state index contributed by atoms with van der Waals surface area (Å²) >= 11 is 6.07. The second-order valence-electron chi connectivity index (χ2n) is 3.65. The smallest absolute Gasteiger partial charge is 0.327 e. The lowest BCUT2D eigenvalue weighted by atomic mass is 10.1. The average Bonchev–Trinajstić information content (AvgIpc) is 2.32. The van der Waals surface area contributed by atoms with Gasteiger partial charge < -0.3 is 9.84 Å². The number of rotatable bonds is 5. The zero-order valence-electron chi connectivity index (χ0n) is 9.89. The van der Waals surface area contributed by atoms with Gasteiger partial charge in [-0.15, -0.1) is 0 Å². The molecular formula is C12H16ClNO3. The normalized spacial score (nSPS) is 12.5. The Morgan fingerprint density at radius 1 is 1.53 bits per heavy atom. The summed E-state index contributed by atoms with van der Waals surface area (Å²) in [5, 5.41) is 9.44. The lowest BCUT2D eigenvalue weighted by Gasteiger charge is -2.26. The quantitative estimate of drug-likeness (QED) is 0.812. The molecule has 1 rings (SSSR count). The summed E-state index contributed by atoms with van der Waals surface area (Å²) in [7, 11) is 3.07. The van der Waals surface area contributed by atoms with Crippen molar-refractivity contribution in [2.24, 2.45) is 0 Å². The number of halogens is 1. The molecule has 0 saturated carbocycles. The van der Waals surface area contributed by atoms with Crippen LogP contribution in [-0.2, 0) is 9.53 Å². The molecule has 0 aliphatic rings. The molecule has 0 bridgehead atoms. The van der Waals surface area contributed by atoms with E-state index in [1.807, 2.05) is 6.07 Å². The molecule has 0 saturated heterocycles. The fraction of sp³-hybridized carbons (Fsp3) is 0.417. The molecule has 94 valence electrons. The lowest BCUT2D eigenvalue weighted by molar-refractivity contribution is -0.146. The third kappa shape index (κ3) is 3.43. The molecule has 5 heteroatoms. The van der Waals surface area contributed by atoms with Gasteiger partial charge in [0.1, 0.15) is 6.04 Å². The number of benzene rings is 1. The molecule has 0 radical (unpaired) electrons. The number of carbonyl (C=O) groups excluding carboxylic acids is 1. The van der Waals surface area contributed by atoms with Gasteiger partial charge in [-0.2, -0.15) is 0 Å². The lowest BCUT2D eigenvalue weighted by Crippen LogP contribution is -2.34. The average molecular weight is 258 g/mol. The Labute approximate surface area is 106 Å². The van der Waals surface area contributed by atoms with Crippen LogP contribution in [0.5, 0.6) is 0 Å². The number of ether oxygens (including phenoxy) is 1. The molecular weight excluding hydrogens is 242 g/mol. The van der Waals surface area contributed by atoms with Gasteiger partial charge in [-0.25, -0.2) is 4.79 Å². The highest BCUT2D eigenvalue weighted by molar-refractivity contribution is 6.31. The zero-order valence-corrected chi connectivity index (χ0v) is 10.6. The van der Waals surface area contributed by atoms with Gasteiger partial charge in [-0.05, 0) is 18.7 Å². The number of hydrogen-bond donors (Lipinski definition) is 1. The molecule has 0 fully saturated rings. The Bertz CT molecular complexity index is 384. The number of methoxy groups -OCH3 is 1. The Morgan fingerprint density at radius 2 is 2.18 bits per heavy atom. The highest BCUT2D eigenvalue weighted by Gasteiger charge is 2.27. The van der Waals surface area contributed by atoms with Gasteiger partial charge in [-0.1, -0.05) is 29.8 Å². The maximum absolute atomic E-state index is 11.8. The van der Waals surface area contributed by atoms with Gasteiger partial charge in [-0.3, -0.25) is 4.90 Å². The molecule has 0 amide bonds. The first kappa shape index (κ1) is 14.0. The van der Waals surface area contributed by atoms with Crippen molar-refractivity contribution in [3.05, 3.63) is 34.9 Å². The first-order chi connectivity index (χ1) is 8.11. The summed E-state index contributed by atoms with van der Waals surface area (Å²) in [5.74, 6) is -0.394. The van der Waals surface area contributed by atoms with Crippen LogP contribution in [-0.4, -0.2) is 43.3 Å². The fourth-order valence-electron chi connectivity index (χ4n) is 1.64. The minimum absolute atomic E-state index is 0.0333. The summed E-state index contributed by atoms with van der Waals surface area (Å²) in [6.45, 7) is 0.333. The van der Waals surface area contributed by atoms with E-state index in [9.17, 15) is 4.79 Å². The standard InChI is InChI=1S/C12H16ClNO3/c1-14(7-8-15)11(12(16)17-2)9-5-3-4-6-10(9)13/h3-6,11,15H,7-8H2,1-2H3. The number of carbonyl (C=O) groups is 1. The monoisotopic (exact) mass is 257 g/mol. The largest absolute Gasteiger partial charge is 0.468 e. The van der Waals surface area contributed by atoms with Crippen LogP contribution in [0.15, 0.2) is 24.3 Å². The van der Waals surface area contributed by atoms with E-state index >= 15 is 0 Å². The number of nitrogens with zero attached hydrogens (tertiary/aromatic N) is 1. The fourth-order valence-corrected chi connectivity index (χ4v) is 1.88. The maximum Gasteiger partial charge on any atom is 0.327 e. The molecule has 0 aliphatic heterocycles. The van der Waals surface area contributed by atoms with Crippen LogP contribution in [0.4, 0.5) is 0 Å². The summed E-state index contributed by atoms with van der Waals surface area (Å²) in [4.78, 5) is 13.5. The van der Waals surface area contributed by atoms with E-state index in [0.29, 0.717) is 17.1 Å². The highest BCUT2D eigenvalue weighted by Crippen LogP contribution is 2.27. The Balaban J connectivity index is 3.06. The van der Waals surface area contributed by atoms with Crippen molar-refractivity contribution in [1.82, 2.24) is 4.90 Å². The minimum atomic E-state index is -0.596. The number of esters is 1. The maximum atomic E-state index is 11.8. The van der Waals surface area contributed by atoms with E-state index in [1.54, 1.807) is 30.1 Å². The number of hydrogen-bond acceptors (Lipinski definition) is 4. The van der Waals surface area contributed by atoms with Crippen LogP contribution in [0.1, 0.15) is 11.6 Å². The Morgan fingerprint density at radius 3 is 2.71 bits per heavy atom. The molecule has 0 spiro atoms. The van der Waals surface area contributed by atoms with Crippen LogP contribution in [0.25, 0.3) is 0 Å². The third-order valence-corrected chi connectivity index (χ3v) is 2.86.